The van der Waals surface area contributed by atoms with E-state index in [-0.39, 0.29) is 0 Å². The van der Waals surface area contributed by atoms with Crippen molar-refractivity contribution in [1.29, 1.82) is 0 Å². The number of fused-ring (bicyclic) bond motifs is 3. The number of aromatic nitrogens is 3. The van der Waals surface area contributed by atoms with Crippen molar-refractivity contribution in [3.63, 3.8) is 0 Å². The predicted molar refractivity (Wildman–Crippen MR) is 128 cm³/mol. The molecule has 2 aromatic carbocycles. The number of anilines is 3. The summed E-state index contributed by atoms with van der Waals surface area (Å²) >= 11 is 3.37. The lowest BCUT2D eigenvalue weighted by atomic mass is 10.0. The maximum atomic E-state index is 5.89. The molecule has 0 aliphatic carbocycles. The number of hydrogen-bond donors (Lipinski definition) is 2. The minimum Gasteiger partial charge on any atom is -0.384 e. The fourth-order valence-electron chi connectivity index (χ4n) is 3.71. The second kappa shape index (κ2) is 6.76. The van der Waals surface area contributed by atoms with Crippen molar-refractivity contribution < 1.29 is 0 Å². The zero-order chi connectivity index (χ0) is 20.1. The molecule has 0 radical (unpaired) electrons. The van der Waals surface area contributed by atoms with Gasteiger partial charge in [0.05, 0.1) is 21.2 Å². The highest BCUT2D eigenvalue weighted by molar-refractivity contribution is 7.18. The number of nitrogen functional groups attached to an aromatic ring is 1. The zero-order valence-electron chi connectivity index (χ0n) is 15.7. The van der Waals surface area contributed by atoms with Gasteiger partial charge in [0.25, 0.3) is 0 Å². The van der Waals surface area contributed by atoms with E-state index >= 15 is 0 Å². The third-order valence-corrected chi connectivity index (χ3v) is 6.89. The molecule has 0 spiro atoms. The van der Waals surface area contributed by atoms with Gasteiger partial charge in [-0.05, 0) is 59.5 Å². The van der Waals surface area contributed by atoms with Crippen LogP contribution in [0.3, 0.4) is 0 Å². The Morgan fingerprint density at radius 2 is 1.70 bits per heavy atom. The summed E-state index contributed by atoms with van der Waals surface area (Å²) in [5, 5.41) is 7.97. The first-order chi connectivity index (χ1) is 14.7. The SMILES string of the molecule is Nc1cc(-c2csc3cc4c(Nc5ccc6scnc6c5)ccnc4cc23)ccn1. The van der Waals surface area contributed by atoms with Crippen molar-refractivity contribution in [2.45, 2.75) is 0 Å². The van der Waals surface area contributed by atoms with Crippen LogP contribution in [0.25, 0.3) is 42.3 Å². The zero-order valence-corrected chi connectivity index (χ0v) is 17.3. The van der Waals surface area contributed by atoms with Crippen molar-refractivity contribution in [3.8, 4) is 11.1 Å². The molecule has 5 nitrogen and oxygen atoms in total. The van der Waals surface area contributed by atoms with Crippen LogP contribution >= 0.6 is 22.7 Å². The lowest BCUT2D eigenvalue weighted by Gasteiger charge is -2.10. The molecule has 7 heteroatoms. The molecule has 4 aromatic heterocycles. The van der Waals surface area contributed by atoms with E-state index in [1.54, 1.807) is 28.9 Å². The molecule has 6 rings (SSSR count). The lowest BCUT2D eigenvalue weighted by Crippen LogP contribution is -1.93. The van der Waals surface area contributed by atoms with Gasteiger partial charge in [0.1, 0.15) is 5.82 Å². The standard InChI is InChI=1S/C23H15N5S2/c24-23-7-13(3-5-26-23)17-11-29-22-10-16-18(4-6-25-19(16)9-15(17)22)28-14-1-2-21-20(8-14)27-12-30-21/h1-12H,(H2,24,26)(H,25,28). The second-order valence-electron chi connectivity index (χ2n) is 7.00. The van der Waals surface area contributed by atoms with E-state index in [9.17, 15) is 0 Å². The second-order valence-corrected chi connectivity index (χ2v) is 8.80. The third kappa shape index (κ3) is 2.87. The van der Waals surface area contributed by atoms with Crippen LogP contribution < -0.4 is 11.1 Å². The molecule has 30 heavy (non-hydrogen) atoms. The largest absolute Gasteiger partial charge is 0.384 e. The summed E-state index contributed by atoms with van der Waals surface area (Å²) in [4.78, 5) is 13.1. The number of thiophene rings is 1. The van der Waals surface area contributed by atoms with E-state index in [4.69, 9.17) is 5.73 Å². The van der Waals surface area contributed by atoms with Gasteiger partial charge in [-0.1, -0.05) is 0 Å². The van der Waals surface area contributed by atoms with Crippen molar-refractivity contribution in [2.75, 3.05) is 11.1 Å². The Balaban J connectivity index is 1.47. The number of hydrogen-bond acceptors (Lipinski definition) is 7. The number of nitrogens with two attached hydrogens (primary N) is 1. The average Bonchev–Trinajstić information content (AvgIpc) is 3.39. The predicted octanol–water partition coefficient (Wildman–Crippen LogP) is 6.45. The molecule has 0 amide bonds. The van der Waals surface area contributed by atoms with Crippen LogP contribution in [0, 0.1) is 0 Å². The average molecular weight is 426 g/mol. The van der Waals surface area contributed by atoms with Crippen LogP contribution in [0.1, 0.15) is 0 Å². The fourth-order valence-corrected chi connectivity index (χ4v) is 5.35. The van der Waals surface area contributed by atoms with E-state index in [0.717, 1.165) is 38.9 Å². The topological polar surface area (TPSA) is 76.7 Å². The first-order valence-electron chi connectivity index (χ1n) is 9.37. The van der Waals surface area contributed by atoms with Gasteiger partial charge >= 0.3 is 0 Å². The lowest BCUT2D eigenvalue weighted by molar-refractivity contribution is 1.34. The summed E-state index contributed by atoms with van der Waals surface area (Å²) < 4.78 is 2.39. The van der Waals surface area contributed by atoms with Crippen molar-refractivity contribution in [3.05, 3.63) is 71.8 Å². The maximum absolute atomic E-state index is 5.89. The Labute approximate surface area is 179 Å². The van der Waals surface area contributed by atoms with E-state index in [1.165, 1.54) is 14.8 Å². The number of thiazole rings is 1. The van der Waals surface area contributed by atoms with Crippen LogP contribution in [0.5, 0.6) is 0 Å². The molecule has 0 aliphatic rings. The van der Waals surface area contributed by atoms with Crippen molar-refractivity contribution >= 4 is 71.1 Å². The fraction of sp³-hybridized carbons (Fsp3) is 0. The van der Waals surface area contributed by atoms with E-state index < -0.39 is 0 Å². The van der Waals surface area contributed by atoms with Gasteiger partial charge in [-0.15, -0.1) is 22.7 Å². The molecule has 0 saturated carbocycles. The quantitative estimate of drug-likeness (QED) is 0.341. The van der Waals surface area contributed by atoms with Crippen LogP contribution in [0.15, 0.2) is 71.8 Å². The molecule has 6 aromatic rings. The van der Waals surface area contributed by atoms with Gasteiger partial charge in [0.2, 0.25) is 0 Å². The summed E-state index contributed by atoms with van der Waals surface area (Å²) in [6.07, 6.45) is 3.59. The molecule has 0 fully saturated rings. The number of rotatable bonds is 3. The first-order valence-corrected chi connectivity index (χ1v) is 11.1. The minimum atomic E-state index is 0.523. The van der Waals surface area contributed by atoms with Crippen LogP contribution in [-0.4, -0.2) is 15.0 Å². The Morgan fingerprint density at radius 3 is 2.63 bits per heavy atom. The van der Waals surface area contributed by atoms with Gasteiger partial charge in [0, 0.05) is 44.8 Å². The van der Waals surface area contributed by atoms with E-state index in [0.29, 0.717) is 5.82 Å². The maximum Gasteiger partial charge on any atom is 0.123 e. The third-order valence-electron chi connectivity index (χ3n) is 5.14. The number of pyridine rings is 2. The summed E-state index contributed by atoms with van der Waals surface area (Å²) in [5.74, 6) is 0.523. The highest BCUT2D eigenvalue weighted by Gasteiger charge is 2.11. The number of benzene rings is 2. The molecule has 0 aliphatic heterocycles. The smallest absolute Gasteiger partial charge is 0.123 e. The Morgan fingerprint density at radius 1 is 0.767 bits per heavy atom. The van der Waals surface area contributed by atoms with Gasteiger partial charge < -0.3 is 11.1 Å². The molecule has 144 valence electrons. The highest BCUT2D eigenvalue weighted by Crippen LogP contribution is 2.38. The normalized spacial score (nSPS) is 11.5. The molecule has 4 heterocycles. The molecule has 3 N–H and O–H groups in total. The van der Waals surface area contributed by atoms with Crippen molar-refractivity contribution in [2.24, 2.45) is 0 Å². The van der Waals surface area contributed by atoms with Gasteiger partial charge in [-0.25, -0.2) is 9.97 Å². The monoisotopic (exact) mass is 425 g/mol. The van der Waals surface area contributed by atoms with Crippen LogP contribution in [-0.2, 0) is 0 Å². The van der Waals surface area contributed by atoms with E-state index in [2.05, 4.69) is 56.0 Å². The van der Waals surface area contributed by atoms with Crippen LogP contribution in [0.4, 0.5) is 17.2 Å². The summed E-state index contributed by atoms with van der Waals surface area (Å²) in [5.41, 5.74) is 14.0. The summed E-state index contributed by atoms with van der Waals surface area (Å²) in [6.45, 7) is 0. The van der Waals surface area contributed by atoms with Gasteiger partial charge in [-0.2, -0.15) is 0 Å². The van der Waals surface area contributed by atoms with E-state index in [1.807, 2.05) is 29.9 Å². The molecule has 0 atom stereocenters. The Kier molecular flexibility index (Phi) is 3.90. The Hall–Kier alpha value is -3.55. The highest BCUT2D eigenvalue weighted by atomic mass is 32.1. The molecular weight excluding hydrogens is 410 g/mol. The molecule has 0 unspecified atom stereocenters. The van der Waals surface area contributed by atoms with Crippen molar-refractivity contribution in [1.82, 2.24) is 15.0 Å². The van der Waals surface area contributed by atoms with Gasteiger partial charge in [0.15, 0.2) is 0 Å². The first kappa shape index (κ1) is 17.3. The summed E-state index contributed by atoms with van der Waals surface area (Å²) in [7, 11) is 0. The number of nitrogens with zero attached hydrogens (tertiary/aromatic N) is 3. The molecule has 0 bridgehead atoms. The minimum absolute atomic E-state index is 0.523. The summed E-state index contributed by atoms with van der Waals surface area (Å²) in [6, 6.07) is 16.5. The Bertz CT molecular complexity index is 1550. The molecular formula is C23H15N5S2. The van der Waals surface area contributed by atoms with Crippen LogP contribution in [0.2, 0.25) is 0 Å². The molecule has 0 saturated heterocycles. The van der Waals surface area contributed by atoms with Gasteiger partial charge in [-0.3, -0.25) is 4.98 Å². The number of nitrogens with one attached hydrogen (secondary N) is 1.